The van der Waals surface area contributed by atoms with Crippen LogP contribution in [0.4, 0.5) is 5.69 Å². The van der Waals surface area contributed by atoms with Crippen molar-refractivity contribution in [3.8, 4) is 5.75 Å². The number of ether oxygens (including phenoxy) is 1. The molecule has 0 heterocycles. The second-order valence-corrected chi connectivity index (χ2v) is 4.58. The monoisotopic (exact) mass is 268 g/mol. The van der Waals surface area contributed by atoms with Crippen LogP contribution in [0.3, 0.4) is 0 Å². The van der Waals surface area contributed by atoms with Gasteiger partial charge in [0.25, 0.3) is 5.91 Å². The first-order valence-electron chi connectivity index (χ1n) is 6.74. The molecule has 0 aromatic heterocycles. The summed E-state index contributed by atoms with van der Waals surface area (Å²) >= 11 is 0. The van der Waals surface area contributed by atoms with Crippen LogP contribution in [0.1, 0.15) is 30.6 Å². The topological polar surface area (TPSA) is 38.3 Å². The molecule has 3 nitrogen and oxygen atoms in total. The van der Waals surface area contributed by atoms with Gasteiger partial charge in [-0.1, -0.05) is 31.2 Å². The fraction of sp³-hybridized carbons (Fsp3) is 0.235. The molecule has 0 aliphatic carbocycles. The number of carbonyl (C=O) groups excluding carboxylic acids is 1. The van der Waals surface area contributed by atoms with E-state index in [-0.39, 0.29) is 12.0 Å². The van der Waals surface area contributed by atoms with Gasteiger partial charge in [0.05, 0.1) is 11.7 Å². The minimum Gasteiger partial charge on any atom is -0.490 e. The Morgan fingerprint density at radius 1 is 1.25 bits per heavy atom. The van der Waals surface area contributed by atoms with E-state index >= 15 is 0 Å². The van der Waals surface area contributed by atoms with Gasteiger partial charge in [-0.05, 0) is 43.7 Å². The SMILES string of the molecule is CCC(C)Oc1ccccc1C(=O)Nc1cc[c]cc1. The maximum atomic E-state index is 12.3. The van der Waals surface area contributed by atoms with Crippen molar-refractivity contribution in [3.63, 3.8) is 0 Å². The summed E-state index contributed by atoms with van der Waals surface area (Å²) in [5, 5.41) is 2.85. The molecule has 1 N–H and O–H groups in total. The van der Waals surface area contributed by atoms with Crippen molar-refractivity contribution in [2.75, 3.05) is 5.32 Å². The zero-order valence-electron chi connectivity index (χ0n) is 11.7. The number of benzene rings is 2. The molecule has 2 aromatic rings. The number of hydrogen-bond donors (Lipinski definition) is 1. The van der Waals surface area contributed by atoms with Gasteiger partial charge < -0.3 is 10.1 Å². The van der Waals surface area contributed by atoms with Gasteiger partial charge in [-0.2, -0.15) is 0 Å². The van der Waals surface area contributed by atoms with Gasteiger partial charge in [0.2, 0.25) is 0 Å². The number of anilines is 1. The lowest BCUT2D eigenvalue weighted by molar-refractivity contribution is 0.102. The Kier molecular flexibility index (Phi) is 4.77. The van der Waals surface area contributed by atoms with Crippen molar-refractivity contribution in [3.05, 3.63) is 60.2 Å². The first kappa shape index (κ1) is 14.1. The molecule has 1 atom stereocenters. The molecule has 0 saturated heterocycles. The maximum absolute atomic E-state index is 12.3. The van der Waals surface area contributed by atoms with Crippen LogP contribution in [0.15, 0.2) is 48.5 Å². The van der Waals surface area contributed by atoms with E-state index in [1.54, 1.807) is 30.3 Å². The molecule has 1 unspecified atom stereocenters. The molecular formula is C17H18NO2. The third-order valence-electron chi connectivity index (χ3n) is 3.01. The first-order valence-corrected chi connectivity index (χ1v) is 6.74. The van der Waals surface area contributed by atoms with Crippen LogP contribution in [0.5, 0.6) is 5.75 Å². The molecular weight excluding hydrogens is 250 g/mol. The largest absolute Gasteiger partial charge is 0.490 e. The minimum absolute atomic E-state index is 0.0790. The van der Waals surface area contributed by atoms with Crippen LogP contribution in [0, 0.1) is 6.07 Å². The van der Waals surface area contributed by atoms with Crippen LogP contribution >= 0.6 is 0 Å². The number of para-hydroxylation sites is 1. The van der Waals surface area contributed by atoms with Crippen molar-refractivity contribution in [2.45, 2.75) is 26.4 Å². The highest BCUT2D eigenvalue weighted by molar-refractivity contribution is 6.06. The molecule has 0 saturated carbocycles. The summed E-state index contributed by atoms with van der Waals surface area (Å²) in [6, 6.07) is 17.3. The number of amides is 1. The van der Waals surface area contributed by atoms with E-state index in [0.717, 1.165) is 12.1 Å². The smallest absolute Gasteiger partial charge is 0.259 e. The average Bonchev–Trinajstić information content (AvgIpc) is 2.48. The molecule has 0 bridgehead atoms. The Morgan fingerprint density at radius 2 is 1.95 bits per heavy atom. The number of hydrogen-bond acceptors (Lipinski definition) is 2. The van der Waals surface area contributed by atoms with Crippen molar-refractivity contribution >= 4 is 11.6 Å². The summed E-state index contributed by atoms with van der Waals surface area (Å²) in [6.07, 6.45) is 0.972. The Hall–Kier alpha value is -2.29. The molecule has 0 spiro atoms. The lowest BCUT2D eigenvalue weighted by atomic mass is 10.1. The Balaban J connectivity index is 2.17. The normalized spacial score (nSPS) is 11.7. The summed E-state index contributed by atoms with van der Waals surface area (Å²) in [5.74, 6) is 0.442. The van der Waals surface area contributed by atoms with Crippen molar-refractivity contribution in [1.29, 1.82) is 0 Å². The van der Waals surface area contributed by atoms with E-state index in [2.05, 4.69) is 11.4 Å². The summed E-state index contributed by atoms with van der Waals surface area (Å²) in [6.45, 7) is 4.04. The fourth-order valence-corrected chi connectivity index (χ4v) is 1.73. The van der Waals surface area contributed by atoms with Gasteiger partial charge in [-0.15, -0.1) is 0 Å². The summed E-state index contributed by atoms with van der Waals surface area (Å²) < 4.78 is 5.79. The number of nitrogens with one attached hydrogen (secondary N) is 1. The van der Waals surface area contributed by atoms with Crippen LogP contribution < -0.4 is 10.1 Å². The molecule has 2 aromatic carbocycles. The van der Waals surface area contributed by atoms with Crippen LogP contribution in [0.25, 0.3) is 0 Å². The zero-order valence-corrected chi connectivity index (χ0v) is 11.7. The molecule has 2 rings (SSSR count). The van der Waals surface area contributed by atoms with Crippen LogP contribution in [-0.4, -0.2) is 12.0 Å². The van der Waals surface area contributed by atoms with Gasteiger partial charge in [0, 0.05) is 5.69 Å². The Morgan fingerprint density at radius 3 is 2.65 bits per heavy atom. The number of carbonyl (C=O) groups is 1. The molecule has 20 heavy (non-hydrogen) atoms. The zero-order chi connectivity index (χ0) is 14.4. The lowest BCUT2D eigenvalue weighted by Gasteiger charge is -2.15. The lowest BCUT2D eigenvalue weighted by Crippen LogP contribution is -2.16. The van der Waals surface area contributed by atoms with Gasteiger partial charge in [0.1, 0.15) is 5.75 Å². The van der Waals surface area contributed by atoms with E-state index in [4.69, 9.17) is 4.74 Å². The van der Waals surface area contributed by atoms with Crippen LogP contribution in [0.2, 0.25) is 0 Å². The van der Waals surface area contributed by atoms with E-state index in [1.807, 2.05) is 32.0 Å². The minimum atomic E-state index is -0.171. The highest BCUT2D eigenvalue weighted by Gasteiger charge is 2.13. The van der Waals surface area contributed by atoms with Crippen molar-refractivity contribution < 1.29 is 9.53 Å². The molecule has 103 valence electrons. The summed E-state index contributed by atoms with van der Waals surface area (Å²) in [5.41, 5.74) is 1.28. The molecule has 3 heteroatoms. The van der Waals surface area contributed by atoms with Gasteiger partial charge in [0.15, 0.2) is 0 Å². The quantitative estimate of drug-likeness (QED) is 0.892. The summed E-state index contributed by atoms with van der Waals surface area (Å²) in [4.78, 5) is 12.3. The van der Waals surface area contributed by atoms with E-state index < -0.39 is 0 Å². The molecule has 0 aliphatic heterocycles. The van der Waals surface area contributed by atoms with Crippen LogP contribution in [-0.2, 0) is 0 Å². The van der Waals surface area contributed by atoms with Gasteiger partial charge in [-0.3, -0.25) is 4.79 Å². The number of rotatable bonds is 5. The fourth-order valence-electron chi connectivity index (χ4n) is 1.73. The van der Waals surface area contributed by atoms with E-state index in [0.29, 0.717) is 11.3 Å². The van der Waals surface area contributed by atoms with Gasteiger partial charge in [-0.25, -0.2) is 0 Å². The van der Waals surface area contributed by atoms with Crippen molar-refractivity contribution in [2.24, 2.45) is 0 Å². The molecule has 0 fully saturated rings. The summed E-state index contributed by atoms with van der Waals surface area (Å²) in [7, 11) is 0. The third-order valence-corrected chi connectivity index (χ3v) is 3.01. The Bertz CT molecular complexity index is 566. The maximum Gasteiger partial charge on any atom is 0.259 e. The molecule has 0 aliphatic rings. The van der Waals surface area contributed by atoms with Gasteiger partial charge >= 0.3 is 0 Å². The van der Waals surface area contributed by atoms with E-state index in [1.165, 1.54) is 0 Å². The third kappa shape index (κ3) is 3.60. The van der Waals surface area contributed by atoms with Crippen molar-refractivity contribution in [1.82, 2.24) is 0 Å². The molecule has 1 amide bonds. The highest BCUT2D eigenvalue weighted by Crippen LogP contribution is 2.21. The molecule has 1 radical (unpaired) electrons. The average molecular weight is 268 g/mol. The van der Waals surface area contributed by atoms with E-state index in [9.17, 15) is 4.79 Å². The predicted molar refractivity (Wildman–Crippen MR) is 80.1 cm³/mol. The first-order chi connectivity index (χ1) is 9.70. The second-order valence-electron chi connectivity index (χ2n) is 4.58. The predicted octanol–water partition coefficient (Wildman–Crippen LogP) is 3.92. The highest BCUT2D eigenvalue weighted by atomic mass is 16.5. The standard InChI is InChI=1S/C17H18NO2/c1-3-13(2)20-16-12-8-7-11-15(16)17(19)18-14-9-5-4-6-10-14/h5-13H,3H2,1-2H3,(H,18,19). The Labute approximate surface area is 119 Å². The second kappa shape index (κ2) is 6.75.